The quantitative estimate of drug-likeness (QED) is 0.856. The van der Waals surface area contributed by atoms with Crippen molar-refractivity contribution in [2.75, 3.05) is 10.6 Å². The third-order valence-electron chi connectivity index (χ3n) is 3.28. The van der Waals surface area contributed by atoms with Crippen molar-refractivity contribution in [2.24, 2.45) is 0 Å². The van der Waals surface area contributed by atoms with Gasteiger partial charge in [0.25, 0.3) is 0 Å². The standard InChI is InChI=1S/C15H12BrClN2O/c16-11-8-10(17)5-6-13(11)19-15(20)14-7-9-3-1-2-4-12(9)18-14/h1-6,8,14,18H,7H2,(H,19,20). The Labute approximate surface area is 130 Å². The SMILES string of the molecule is O=C(Nc1ccc(Cl)cc1Br)C1Cc2ccccc2N1. The van der Waals surface area contributed by atoms with Crippen molar-refractivity contribution in [2.45, 2.75) is 12.5 Å². The molecule has 0 saturated heterocycles. The van der Waals surface area contributed by atoms with E-state index >= 15 is 0 Å². The molecule has 0 bridgehead atoms. The summed E-state index contributed by atoms with van der Waals surface area (Å²) in [6.45, 7) is 0. The Morgan fingerprint density at radius 3 is 2.85 bits per heavy atom. The van der Waals surface area contributed by atoms with Gasteiger partial charge in [0.1, 0.15) is 6.04 Å². The van der Waals surface area contributed by atoms with Gasteiger partial charge in [-0.15, -0.1) is 0 Å². The smallest absolute Gasteiger partial charge is 0.247 e. The summed E-state index contributed by atoms with van der Waals surface area (Å²) in [6.07, 6.45) is 0.702. The molecule has 1 heterocycles. The number of benzene rings is 2. The first-order valence-corrected chi connectivity index (χ1v) is 7.41. The van der Waals surface area contributed by atoms with Gasteiger partial charge in [0.15, 0.2) is 0 Å². The maximum absolute atomic E-state index is 12.3. The van der Waals surface area contributed by atoms with E-state index in [4.69, 9.17) is 11.6 Å². The van der Waals surface area contributed by atoms with E-state index in [1.165, 1.54) is 5.56 Å². The molecule has 0 fully saturated rings. The summed E-state index contributed by atoms with van der Waals surface area (Å²) < 4.78 is 0.772. The number of halogens is 2. The summed E-state index contributed by atoms with van der Waals surface area (Å²) >= 11 is 9.28. The molecule has 2 N–H and O–H groups in total. The first-order valence-electron chi connectivity index (χ1n) is 6.24. The van der Waals surface area contributed by atoms with Crippen LogP contribution in [0.5, 0.6) is 0 Å². The summed E-state index contributed by atoms with van der Waals surface area (Å²) in [5.41, 5.74) is 2.92. The second kappa shape index (κ2) is 5.46. The Morgan fingerprint density at radius 2 is 2.10 bits per heavy atom. The van der Waals surface area contributed by atoms with Gasteiger partial charge in [-0.2, -0.15) is 0 Å². The van der Waals surface area contributed by atoms with E-state index in [2.05, 4.69) is 26.6 Å². The topological polar surface area (TPSA) is 41.1 Å². The van der Waals surface area contributed by atoms with Gasteiger partial charge >= 0.3 is 0 Å². The third-order valence-corrected chi connectivity index (χ3v) is 4.17. The van der Waals surface area contributed by atoms with Gasteiger partial charge in [0, 0.05) is 21.6 Å². The highest BCUT2D eigenvalue weighted by Gasteiger charge is 2.26. The second-order valence-corrected chi connectivity index (χ2v) is 5.96. The van der Waals surface area contributed by atoms with Crippen LogP contribution in [0.15, 0.2) is 46.9 Å². The van der Waals surface area contributed by atoms with Crippen molar-refractivity contribution in [1.82, 2.24) is 0 Å². The number of nitrogens with one attached hydrogen (secondary N) is 2. The maximum Gasteiger partial charge on any atom is 0.247 e. The van der Waals surface area contributed by atoms with Crippen molar-refractivity contribution < 1.29 is 4.79 Å². The van der Waals surface area contributed by atoms with Crippen molar-refractivity contribution in [3.8, 4) is 0 Å². The Kier molecular flexibility index (Phi) is 3.68. The fourth-order valence-electron chi connectivity index (χ4n) is 2.27. The number of para-hydroxylation sites is 1. The molecular formula is C15H12BrClN2O. The zero-order valence-electron chi connectivity index (χ0n) is 10.5. The van der Waals surface area contributed by atoms with Gasteiger partial charge in [0.05, 0.1) is 5.69 Å². The highest BCUT2D eigenvalue weighted by Crippen LogP contribution is 2.28. The lowest BCUT2D eigenvalue weighted by atomic mass is 10.1. The highest BCUT2D eigenvalue weighted by molar-refractivity contribution is 9.10. The van der Waals surface area contributed by atoms with Crippen LogP contribution in [-0.4, -0.2) is 11.9 Å². The van der Waals surface area contributed by atoms with Gasteiger partial charge in [-0.1, -0.05) is 29.8 Å². The zero-order valence-corrected chi connectivity index (χ0v) is 12.8. The van der Waals surface area contributed by atoms with Gasteiger partial charge in [-0.25, -0.2) is 0 Å². The Morgan fingerprint density at radius 1 is 1.30 bits per heavy atom. The minimum atomic E-state index is -0.241. The minimum absolute atomic E-state index is 0.0516. The Hall–Kier alpha value is -1.52. The average molecular weight is 352 g/mol. The van der Waals surface area contributed by atoms with Crippen LogP contribution in [0.4, 0.5) is 11.4 Å². The Balaban J connectivity index is 1.72. The van der Waals surface area contributed by atoms with E-state index in [9.17, 15) is 4.79 Å². The van der Waals surface area contributed by atoms with Crippen molar-refractivity contribution in [3.63, 3.8) is 0 Å². The van der Waals surface area contributed by atoms with Crippen LogP contribution < -0.4 is 10.6 Å². The normalized spacial score (nSPS) is 16.4. The molecule has 1 aliphatic heterocycles. The second-order valence-electron chi connectivity index (χ2n) is 4.67. The number of hydrogen-bond donors (Lipinski definition) is 2. The predicted octanol–water partition coefficient (Wildman–Crippen LogP) is 4.08. The predicted molar refractivity (Wildman–Crippen MR) is 85.3 cm³/mol. The molecule has 0 aliphatic carbocycles. The average Bonchev–Trinajstić information content (AvgIpc) is 2.86. The molecule has 0 radical (unpaired) electrons. The molecule has 1 aliphatic rings. The molecule has 1 amide bonds. The van der Waals surface area contributed by atoms with E-state index in [1.54, 1.807) is 18.2 Å². The van der Waals surface area contributed by atoms with Crippen LogP contribution in [0.2, 0.25) is 5.02 Å². The number of fused-ring (bicyclic) bond motifs is 1. The molecule has 5 heteroatoms. The maximum atomic E-state index is 12.3. The lowest BCUT2D eigenvalue weighted by molar-refractivity contribution is -0.116. The largest absolute Gasteiger partial charge is 0.373 e. The minimum Gasteiger partial charge on any atom is -0.373 e. The van der Waals surface area contributed by atoms with E-state index in [0.717, 1.165) is 15.8 Å². The van der Waals surface area contributed by atoms with Crippen LogP contribution >= 0.6 is 27.5 Å². The third kappa shape index (κ3) is 2.67. The first-order chi connectivity index (χ1) is 9.63. The van der Waals surface area contributed by atoms with Crippen molar-refractivity contribution >= 4 is 44.8 Å². The summed E-state index contributed by atoms with van der Waals surface area (Å²) in [6, 6.07) is 13.0. The van der Waals surface area contributed by atoms with Crippen LogP contribution in [-0.2, 0) is 11.2 Å². The number of carbonyl (C=O) groups is 1. The molecule has 0 aromatic heterocycles. The highest BCUT2D eigenvalue weighted by atomic mass is 79.9. The van der Waals surface area contributed by atoms with Crippen LogP contribution in [0.3, 0.4) is 0 Å². The van der Waals surface area contributed by atoms with E-state index < -0.39 is 0 Å². The molecule has 102 valence electrons. The van der Waals surface area contributed by atoms with Crippen LogP contribution in [0.25, 0.3) is 0 Å². The number of amides is 1. The molecule has 2 aromatic rings. The van der Waals surface area contributed by atoms with Gasteiger partial charge in [0.2, 0.25) is 5.91 Å². The fraction of sp³-hybridized carbons (Fsp3) is 0.133. The van der Waals surface area contributed by atoms with Crippen LogP contribution in [0.1, 0.15) is 5.56 Å². The molecule has 3 rings (SSSR count). The summed E-state index contributed by atoms with van der Waals surface area (Å²) in [5, 5.41) is 6.77. The summed E-state index contributed by atoms with van der Waals surface area (Å²) in [7, 11) is 0. The van der Waals surface area contributed by atoms with E-state index in [-0.39, 0.29) is 11.9 Å². The molecular weight excluding hydrogens is 340 g/mol. The number of carbonyl (C=O) groups excluding carboxylic acids is 1. The zero-order chi connectivity index (χ0) is 14.1. The van der Waals surface area contributed by atoms with Gasteiger partial charge in [-0.05, 0) is 45.8 Å². The fourth-order valence-corrected chi connectivity index (χ4v) is 3.05. The van der Waals surface area contributed by atoms with Crippen molar-refractivity contribution in [3.05, 3.63) is 57.5 Å². The van der Waals surface area contributed by atoms with E-state index in [1.807, 2.05) is 24.3 Å². The lowest BCUT2D eigenvalue weighted by Crippen LogP contribution is -2.32. The van der Waals surface area contributed by atoms with Gasteiger partial charge < -0.3 is 10.6 Å². The molecule has 1 atom stereocenters. The molecule has 0 saturated carbocycles. The number of rotatable bonds is 2. The molecule has 3 nitrogen and oxygen atoms in total. The van der Waals surface area contributed by atoms with Crippen LogP contribution in [0, 0.1) is 0 Å². The molecule has 0 spiro atoms. The number of anilines is 2. The number of hydrogen-bond acceptors (Lipinski definition) is 2. The summed E-state index contributed by atoms with van der Waals surface area (Å²) in [5.74, 6) is -0.0516. The summed E-state index contributed by atoms with van der Waals surface area (Å²) in [4.78, 5) is 12.3. The molecule has 2 aromatic carbocycles. The first kappa shape index (κ1) is 13.5. The Bertz CT molecular complexity index is 650. The monoisotopic (exact) mass is 350 g/mol. The van der Waals surface area contributed by atoms with Crippen molar-refractivity contribution in [1.29, 1.82) is 0 Å². The lowest BCUT2D eigenvalue weighted by Gasteiger charge is -2.13. The molecule has 20 heavy (non-hydrogen) atoms. The van der Waals surface area contributed by atoms with Gasteiger partial charge in [-0.3, -0.25) is 4.79 Å². The van der Waals surface area contributed by atoms with E-state index in [0.29, 0.717) is 11.4 Å². The molecule has 1 unspecified atom stereocenters.